The van der Waals surface area contributed by atoms with Crippen molar-refractivity contribution < 1.29 is 4.79 Å². The molecule has 0 unspecified atom stereocenters. The van der Waals surface area contributed by atoms with E-state index in [1.165, 1.54) is 0 Å². The Balaban J connectivity index is 3.45. The number of hydrazine groups is 1. The van der Waals surface area contributed by atoms with Crippen LogP contribution >= 0.6 is 0 Å². The maximum absolute atomic E-state index is 11.0. The second-order valence-corrected chi connectivity index (χ2v) is 2.89. The van der Waals surface area contributed by atoms with Crippen molar-refractivity contribution in [2.75, 3.05) is 14.1 Å². The van der Waals surface area contributed by atoms with E-state index in [-0.39, 0.29) is 5.91 Å². The van der Waals surface area contributed by atoms with Gasteiger partial charge in [-0.05, 0) is 13.3 Å². The minimum Gasteiger partial charge on any atom is -0.289 e. The Labute approximate surface area is 68.0 Å². The smallest absolute Gasteiger partial charge is 0.234 e. The van der Waals surface area contributed by atoms with E-state index in [4.69, 9.17) is 0 Å². The topological polar surface area (TPSA) is 32.3 Å². The van der Waals surface area contributed by atoms with Crippen LogP contribution in [0.3, 0.4) is 0 Å². The second-order valence-electron chi connectivity index (χ2n) is 2.89. The highest BCUT2D eigenvalue weighted by molar-refractivity contribution is 5.75. The van der Waals surface area contributed by atoms with Crippen molar-refractivity contribution in [3.8, 4) is 0 Å². The van der Waals surface area contributed by atoms with Gasteiger partial charge < -0.3 is 0 Å². The molecular formula is C8H16N2O. The van der Waals surface area contributed by atoms with E-state index >= 15 is 0 Å². The van der Waals surface area contributed by atoms with E-state index < -0.39 is 0 Å². The van der Waals surface area contributed by atoms with Gasteiger partial charge in [0, 0.05) is 20.5 Å². The lowest BCUT2D eigenvalue weighted by Gasteiger charge is -2.11. The zero-order valence-electron chi connectivity index (χ0n) is 7.48. The van der Waals surface area contributed by atoms with Gasteiger partial charge in [-0.2, -0.15) is 0 Å². The highest BCUT2D eigenvalue weighted by atomic mass is 16.2. The summed E-state index contributed by atoms with van der Waals surface area (Å²) in [6.45, 7) is 5.63. The van der Waals surface area contributed by atoms with Gasteiger partial charge >= 0.3 is 0 Å². The van der Waals surface area contributed by atoms with E-state index in [9.17, 15) is 4.79 Å². The molecule has 3 nitrogen and oxygen atoms in total. The molecule has 0 aliphatic rings. The number of allylic oxidation sites excluding steroid dienone is 1. The van der Waals surface area contributed by atoms with E-state index in [2.05, 4.69) is 12.0 Å². The number of amides is 1. The first-order valence-electron chi connectivity index (χ1n) is 3.63. The first-order valence-corrected chi connectivity index (χ1v) is 3.63. The van der Waals surface area contributed by atoms with Gasteiger partial charge in [0.05, 0.1) is 0 Å². The quantitative estimate of drug-likeness (QED) is 0.485. The van der Waals surface area contributed by atoms with E-state index in [1.807, 2.05) is 6.92 Å². The lowest BCUT2D eigenvalue weighted by Crippen LogP contribution is -2.35. The van der Waals surface area contributed by atoms with Crippen LogP contribution in [0.5, 0.6) is 0 Å². The van der Waals surface area contributed by atoms with Gasteiger partial charge in [0.25, 0.3) is 0 Å². The molecule has 0 aromatic carbocycles. The van der Waals surface area contributed by atoms with Crippen molar-refractivity contribution in [3.05, 3.63) is 12.2 Å². The van der Waals surface area contributed by atoms with Gasteiger partial charge in [-0.15, -0.1) is 6.58 Å². The van der Waals surface area contributed by atoms with Gasteiger partial charge in [0.15, 0.2) is 0 Å². The van der Waals surface area contributed by atoms with Crippen molar-refractivity contribution >= 4 is 5.91 Å². The summed E-state index contributed by atoms with van der Waals surface area (Å²) in [6.07, 6.45) is 1.28. The maximum atomic E-state index is 11.0. The van der Waals surface area contributed by atoms with Gasteiger partial charge in [-0.3, -0.25) is 10.2 Å². The molecule has 0 heterocycles. The number of rotatable bonds is 4. The number of hydrogen-bond acceptors (Lipinski definition) is 2. The molecule has 0 fully saturated rings. The molecule has 0 aromatic heterocycles. The molecule has 0 saturated heterocycles. The van der Waals surface area contributed by atoms with Crippen LogP contribution in [0.1, 0.15) is 19.8 Å². The first-order chi connectivity index (χ1) is 5.02. The molecule has 0 aliphatic carbocycles. The Bertz CT molecular complexity index is 152. The molecule has 0 radical (unpaired) electrons. The van der Waals surface area contributed by atoms with Crippen LogP contribution in [0, 0.1) is 0 Å². The highest BCUT2D eigenvalue weighted by Crippen LogP contribution is 1.99. The third kappa shape index (κ3) is 7.06. The number of hydrogen-bond donors (Lipinski definition) is 1. The molecule has 11 heavy (non-hydrogen) atoms. The van der Waals surface area contributed by atoms with Crippen LogP contribution in [-0.4, -0.2) is 25.0 Å². The molecule has 64 valence electrons. The summed E-state index contributed by atoms with van der Waals surface area (Å²) in [5, 5.41) is 1.64. The molecule has 0 spiro atoms. The molecule has 0 aromatic rings. The summed E-state index contributed by atoms with van der Waals surface area (Å²) in [5.74, 6) is 0.0398. The molecule has 0 bridgehead atoms. The summed E-state index contributed by atoms with van der Waals surface area (Å²) in [4.78, 5) is 11.0. The van der Waals surface area contributed by atoms with Crippen molar-refractivity contribution in [2.45, 2.75) is 19.8 Å². The number of nitrogens with zero attached hydrogens (tertiary/aromatic N) is 1. The van der Waals surface area contributed by atoms with Crippen LogP contribution in [0.4, 0.5) is 0 Å². The average molecular weight is 156 g/mol. The Morgan fingerprint density at radius 2 is 2.00 bits per heavy atom. The van der Waals surface area contributed by atoms with Crippen LogP contribution in [0.2, 0.25) is 0 Å². The van der Waals surface area contributed by atoms with Gasteiger partial charge in [0.2, 0.25) is 5.91 Å². The number of carbonyl (C=O) groups excluding carboxylic acids is 1. The van der Waals surface area contributed by atoms with Crippen molar-refractivity contribution in [2.24, 2.45) is 0 Å². The number of carbonyl (C=O) groups is 1. The fourth-order valence-electron chi connectivity index (χ4n) is 0.632. The van der Waals surface area contributed by atoms with Crippen LogP contribution < -0.4 is 5.43 Å². The number of nitrogens with one attached hydrogen (secondary N) is 1. The minimum atomic E-state index is 0.0398. The largest absolute Gasteiger partial charge is 0.289 e. The standard InChI is InChI=1S/C8H16N2O/c1-7(2)5-6-8(11)9-10(3)4/h1,5-6H2,2-4H3,(H,9,11). The van der Waals surface area contributed by atoms with Gasteiger partial charge in [-0.1, -0.05) is 5.57 Å². The zero-order chi connectivity index (χ0) is 8.85. The molecule has 1 N–H and O–H groups in total. The molecule has 1 amide bonds. The Morgan fingerprint density at radius 3 is 2.36 bits per heavy atom. The normalized spacial score (nSPS) is 9.82. The maximum Gasteiger partial charge on any atom is 0.234 e. The van der Waals surface area contributed by atoms with Crippen molar-refractivity contribution in [1.82, 2.24) is 10.4 Å². The minimum absolute atomic E-state index is 0.0398. The lowest BCUT2D eigenvalue weighted by atomic mass is 10.2. The summed E-state index contributed by atoms with van der Waals surface area (Å²) >= 11 is 0. The lowest BCUT2D eigenvalue weighted by molar-refractivity contribution is -0.124. The molecule has 0 atom stereocenters. The summed E-state index contributed by atoms with van der Waals surface area (Å²) in [7, 11) is 3.58. The van der Waals surface area contributed by atoms with E-state index in [0.717, 1.165) is 12.0 Å². The Hall–Kier alpha value is -0.830. The van der Waals surface area contributed by atoms with E-state index in [0.29, 0.717) is 6.42 Å². The predicted octanol–water partition coefficient (Wildman–Crippen LogP) is 0.935. The summed E-state index contributed by atoms with van der Waals surface area (Å²) in [5.41, 5.74) is 3.69. The fourth-order valence-corrected chi connectivity index (χ4v) is 0.632. The molecule has 0 saturated carbocycles. The fraction of sp³-hybridized carbons (Fsp3) is 0.625. The van der Waals surface area contributed by atoms with Crippen LogP contribution in [0.15, 0.2) is 12.2 Å². The SMILES string of the molecule is C=C(C)CCC(=O)NN(C)C. The molecule has 0 aliphatic heterocycles. The second kappa shape index (κ2) is 4.91. The van der Waals surface area contributed by atoms with Crippen LogP contribution in [-0.2, 0) is 4.79 Å². The zero-order valence-corrected chi connectivity index (χ0v) is 7.48. The summed E-state index contributed by atoms with van der Waals surface area (Å²) < 4.78 is 0. The van der Waals surface area contributed by atoms with Crippen molar-refractivity contribution in [3.63, 3.8) is 0 Å². The molecule has 0 rings (SSSR count). The van der Waals surface area contributed by atoms with Gasteiger partial charge in [0.1, 0.15) is 0 Å². The van der Waals surface area contributed by atoms with Crippen molar-refractivity contribution in [1.29, 1.82) is 0 Å². The Morgan fingerprint density at radius 1 is 1.45 bits per heavy atom. The monoisotopic (exact) mass is 156 g/mol. The van der Waals surface area contributed by atoms with Crippen LogP contribution in [0.25, 0.3) is 0 Å². The molecular weight excluding hydrogens is 140 g/mol. The Kier molecular flexibility index (Phi) is 4.54. The highest BCUT2D eigenvalue weighted by Gasteiger charge is 2.00. The third-order valence-corrected chi connectivity index (χ3v) is 1.13. The summed E-state index contributed by atoms with van der Waals surface area (Å²) in [6, 6.07) is 0. The van der Waals surface area contributed by atoms with Gasteiger partial charge in [-0.25, -0.2) is 5.01 Å². The third-order valence-electron chi connectivity index (χ3n) is 1.13. The predicted molar refractivity (Wildman–Crippen MR) is 45.9 cm³/mol. The first kappa shape index (κ1) is 10.2. The average Bonchev–Trinajstić information content (AvgIpc) is 1.82. The molecule has 3 heteroatoms. The van der Waals surface area contributed by atoms with E-state index in [1.54, 1.807) is 19.1 Å².